The van der Waals surface area contributed by atoms with Gasteiger partial charge < -0.3 is 24.5 Å². The molecule has 2 saturated heterocycles. The van der Waals surface area contributed by atoms with E-state index in [0.29, 0.717) is 19.4 Å². The number of carbonyl (C=O) groups is 3. The number of aliphatic hydroxyl groups excluding tert-OH is 1. The Bertz CT molecular complexity index is 1230. The van der Waals surface area contributed by atoms with Crippen molar-refractivity contribution in [3.63, 3.8) is 0 Å². The normalized spacial score (nSPS) is 31.8. The number of hydrogen-bond donors (Lipinski definition) is 1. The molecule has 2 fully saturated rings. The summed E-state index contributed by atoms with van der Waals surface area (Å²) in [6, 6.07) is 6.58. The molecule has 9 heteroatoms. The van der Waals surface area contributed by atoms with Gasteiger partial charge in [-0.1, -0.05) is 38.2 Å². The van der Waals surface area contributed by atoms with Crippen LogP contribution in [0.4, 0.5) is 11.4 Å². The molecule has 41 heavy (non-hydrogen) atoms. The van der Waals surface area contributed by atoms with E-state index in [1.807, 2.05) is 69.3 Å². The molecule has 4 aliphatic heterocycles. The van der Waals surface area contributed by atoms with Crippen LogP contribution in [0, 0.1) is 17.8 Å². The number of cyclic esters (lactones) is 1. The molecule has 8 nitrogen and oxygen atoms in total. The summed E-state index contributed by atoms with van der Waals surface area (Å²) >= 11 is 1.53. The Hall–Kier alpha value is -2.78. The number of carbonyl (C=O) groups excluding carboxylic acids is 3. The van der Waals surface area contributed by atoms with E-state index in [9.17, 15) is 19.5 Å². The number of likely N-dealkylation sites (tertiary alicyclic amines) is 1. The first-order valence-electron chi connectivity index (χ1n) is 14.9. The second-order valence-electron chi connectivity index (χ2n) is 12.1. The molecule has 0 radical (unpaired) electrons. The molecule has 5 rings (SSSR count). The van der Waals surface area contributed by atoms with Gasteiger partial charge in [-0.3, -0.25) is 14.4 Å². The molecule has 1 N–H and O–H groups in total. The Morgan fingerprint density at radius 3 is 2.39 bits per heavy atom. The third kappa shape index (κ3) is 4.88. The molecule has 1 unspecified atom stereocenters. The average Bonchev–Trinajstić information content (AvgIpc) is 3.27. The van der Waals surface area contributed by atoms with Crippen molar-refractivity contribution in [1.82, 2.24) is 4.90 Å². The van der Waals surface area contributed by atoms with Crippen molar-refractivity contribution >= 4 is 40.9 Å². The van der Waals surface area contributed by atoms with Gasteiger partial charge in [0.25, 0.3) is 5.91 Å². The highest BCUT2D eigenvalue weighted by Gasteiger charge is 2.74. The van der Waals surface area contributed by atoms with Crippen LogP contribution in [0.25, 0.3) is 0 Å². The smallest absolute Gasteiger partial charge is 0.311 e. The van der Waals surface area contributed by atoms with E-state index in [2.05, 4.69) is 18.7 Å². The summed E-state index contributed by atoms with van der Waals surface area (Å²) in [4.78, 5) is 48.4. The minimum absolute atomic E-state index is 0.189. The molecule has 0 aliphatic carbocycles. The van der Waals surface area contributed by atoms with Gasteiger partial charge in [-0.05, 0) is 63.8 Å². The summed E-state index contributed by atoms with van der Waals surface area (Å²) in [5.41, 5.74) is 1.84. The third-order valence-corrected chi connectivity index (χ3v) is 10.9. The highest BCUT2D eigenvalue weighted by atomic mass is 32.2. The summed E-state index contributed by atoms with van der Waals surface area (Å²) in [6.07, 6.45) is 9.20. The number of ether oxygens (including phenoxy) is 1. The number of fused-ring (bicyclic) bond motifs is 2. The maximum atomic E-state index is 14.7. The second kappa shape index (κ2) is 11.5. The zero-order valence-corrected chi connectivity index (χ0v) is 25.6. The quantitative estimate of drug-likeness (QED) is 0.366. The lowest BCUT2D eigenvalue weighted by Gasteiger charge is -2.40. The SMILES string of the molecule is CCN(CC)c1ccc(N2CC=C[C@]34S[C@@]5(C)C=CCCOC(=O)[C@H]5[C@H]3C(=O)N([C@@H](CO)CC(C)C)C4C2=O)cc1. The summed E-state index contributed by atoms with van der Waals surface area (Å²) in [6.45, 7) is 12.4. The third-order valence-electron chi connectivity index (χ3n) is 9.10. The van der Waals surface area contributed by atoms with Crippen LogP contribution in [0.3, 0.4) is 0 Å². The Morgan fingerprint density at radius 1 is 1.05 bits per heavy atom. The van der Waals surface area contributed by atoms with Crippen LogP contribution in [0.2, 0.25) is 0 Å². The zero-order valence-electron chi connectivity index (χ0n) is 24.8. The molecule has 0 aromatic heterocycles. The fourth-order valence-electron chi connectivity index (χ4n) is 7.30. The van der Waals surface area contributed by atoms with Crippen molar-refractivity contribution in [3.05, 3.63) is 48.6 Å². The van der Waals surface area contributed by atoms with Crippen molar-refractivity contribution in [2.45, 2.75) is 69.0 Å². The van der Waals surface area contributed by atoms with Crippen molar-refractivity contribution in [1.29, 1.82) is 0 Å². The van der Waals surface area contributed by atoms with Crippen LogP contribution >= 0.6 is 11.8 Å². The van der Waals surface area contributed by atoms with Crippen molar-refractivity contribution in [3.8, 4) is 0 Å². The molecule has 2 amide bonds. The minimum atomic E-state index is -0.971. The molecule has 6 atom stereocenters. The number of amides is 2. The fourth-order valence-corrected chi connectivity index (χ4v) is 9.44. The van der Waals surface area contributed by atoms with Gasteiger partial charge in [-0.2, -0.15) is 0 Å². The van der Waals surface area contributed by atoms with E-state index in [-0.39, 0.29) is 30.9 Å². The predicted molar refractivity (Wildman–Crippen MR) is 163 cm³/mol. The number of nitrogens with zero attached hydrogens (tertiary/aromatic N) is 3. The first kappa shape index (κ1) is 29.7. The van der Waals surface area contributed by atoms with Crippen LogP contribution in [0.15, 0.2) is 48.6 Å². The van der Waals surface area contributed by atoms with Gasteiger partial charge in [0.2, 0.25) is 5.91 Å². The van der Waals surface area contributed by atoms with E-state index in [4.69, 9.17) is 4.74 Å². The standard InChI is InChI=1S/C32H43N3O5S/c1-6-33(7-2)22-11-13-23(14-12-22)34-17-10-16-32-25(26-30(39)40-18-9-8-15-31(26,5)41-32)28(37)35(27(32)29(34)38)24(20-36)19-21(3)4/h8,10-16,21,24-27,36H,6-7,9,17-20H2,1-5H3/t24-,25+,26-,27?,31+,32+/m1/s1. The van der Waals surface area contributed by atoms with Gasteiger partial charge in [0, 0.05) is 35.8 Å². The van der Waals surface area contributed by atoms with Crippen molar-refractivity contribution in [2.75, 3.05) is 42.6 Å². The molecule has 222 valence electrons. The Labute approximate surface area is 247 Å². The Morgan fingerprint density at radius 2 is 1.76 bits per heavy atom. The number of benzene rings is 1. The minimum Gasteiger partial charge on any atom is -0.465 e. The number of thioether (sulfide) groups is 1. The van der Waals surface area contributed by atoms with E-state index >= 15 is 0 Å². The molecule has 1 aromatic rings. The maximum absolute atomic E-state index is 14.7. The summed E-state index contributed by atoms with van der Waals surface area (Å²) in [5.74, 6) is -2.14. The lowest BCUT2D eigenvalue weighted by atomic mass is 9.74. The Kier molecular flexibility index (Phi) is 8.32. The van der Waals surface area contributed by atoms with Crippen LogP contribution in [-0.2, 0) is 19.1 Å². The molecule has 0 saturated carbocycles. The summed E-state index contributed by atoms with van der Waals surface area (Å²) in [5, 5.41) is 10.5. The molecule has 0 bridgehead atoms. The van der Waals surface area contributed by atoms with E-state index in [0.717, 1.165) is 24.5 Å². The fraction of sp³-hybridized carbons (Fsp3) is 0.594. The second-order valence-corrected chi connectivity index (χ2v) is 13.9. The van der Waals surface area contributed by atoms with Crippen molar-refractivity contribution in [2.24, 2.45) is 17.8 Å². The molecular formula is C32H43N3O5S. The summed E-state index contributed by atoms with van der Waals surface area (Å²) in [7, 11) is 0. The lowest BCUT2D eigenvalue weighted by Crippen LogP contribution is -2.57. The Balaban J connectivity index is 1.62. The predicted octanol–water partition coefficient (Wildman–Crippen LogP) is 4.03. The topological polar surface area (TPSA) is 90.4 Å². The lowest BCUT2D eigenvalue weighted by molar-refractivity contribution is -0.154. The molecule has 1 aromatic carbocycles. The van der Waals surface area contributed by atoms with Crippen LogP contribution in [0.1, 0.15) is 47.5 Å². The van der Waals surface area contributed by atoms with Gasteiger partial charge in [0.15, 0.2) is 0 Å². The number of rotatable bonds is 8. The zero-order chi connectivity index (χ0) is 29.5. The van der Waals surface area contributed by atoms with Gasteiger partial charge in [-0.25, -0.2) is 0 Å². The highest BCUT2D eigenvalue weighted by molar-refractivity contribution is 8.02. The monoisotopic (exact) mass is 581 g/mol. The first-order chi connectivity index (χ1) is 19.6. The van der Waals surface area contributed by atoms with Crippen LogP contribution in [-0.4, -0.2) is 82.2 Å². The van der Waals surface area contributed by atoms with Gasteiger partial charge in [0.05, 0.1) is 35.8 Å². The number of anilines is 2. The number of aliphatic hydroxyl groups is 1. The maximum Gasteiger partial charge on any atom is 0.311 e. The van der Waals surface area contributed by atoms with Crippen LogP contribution in [0.5, 0.6) is 0 Å². The molecule has 1 spiro atoms. The largest absolute Gasteiger partial charge is 0.465 e. The molecular weight excluding hydrogens is 538 g/mol. The van der Waals surface area contributed by atoms with Gasteiger partial charge in [-0.15, -0.1) is 11.8 Å². The van der Waals surface area contributed by atoms with Crippen LogP contribution < -0.4 is 9.80 Å². The van der Waals surface area contributed by atoms with E-state index in [1.165, 1.54) is 11.8 Å². The highest BCUT2D eigenvalue weighted by Crippen LogP contribution is 2.65. The van der Waals surface area contributed by atoms with Crippen molar-refractivity contribution < 1.29 is 24.2 Å². The van der Waals surface area contributed by atoms with Gasteiger partial charge >= 0.3 is 5.97 Å². The number of esters is 1. The number of hydrogen-bond acceptors (Lipinski definition) is 7. The average molecular weight is 582 g/mol. The van der Waals surface area contributed by atoms with E-state index < -0.39 is 39.4 Å². The summed E-state index contributed by atoms with van der Waals surface area (Å²) < 4.78 is 3.95. The molecule has 4 aliphatic rings. The van der Waals surface area contributed by atoms with E-state index in [1.54, 1.807) is 9.80 Å². The molecule has 4 heterocycles. The van der Waals surface area contributed by atoms with Gasteiger partial charge in [0.1, 0.15) is 6.04 Å². The first-order valence-corrected chi connectivity index (χ1v) is 15.7.